The second-order valence-electron chi connectivity index (χ2n) is 10.6. The summed E-state index contributed by atoms with van der Waals surface area (Å²) >= 11 is 0. The zero-order valence-corrected chi connectivity index (χ0v) is 21.2. The van der Waals surface area contributed by atoms with E-state index in [1.54, 1.807) is 5.56 Å². The molecule has 0 fully saturated rings. The van der Waals surface area contributed by atoms with Crippen molar-refractivity contribution in [3.8, 4) is 11.1 Å². The van der Waals surface area contributed by atoms with Gasteiger partial charge in [0.05, 0.1) is 23.8 Å². The third-order valence-corrected chi connectivity index (χ3v) is 8.31. The van der Waals surface area contributed by atoms with Crippen molar-refractivity contribution >= 4 is 34.0 Å². The van der Waals surface area contributed by atoms with Gasteiger partial charge in [0.2, 0.25) is 0 Å². The minimum Gasteiger partial charge on any atom is -0.260 e. The molecule has 0 atom stereocenters. The van der Waals surface area contributed by atoms with Crippen LogP contribution in [0.1, 0.15) is 29.5 Å². The Bertz CT molecular complexity index is 2120. The number of benzene rings is 4. The number of nitrogens with zero attached hydrogens (tertiary/aromatic N) is 3. The number of hydrogen-bond donors (Lipinski definition) is 0. The molecule has 8 rings (SSSR count). The van der Waals surface area contributed by atoms with Crippen LogP contribution in [0.25, 0.3) is 45.1 Å². The van der Waals surface area contributed by atoms with E-state index in [0.29, 0.717) is 0 Å². The molecule has 0 saturated heterocycles. The van der Waals surface area contributed by atoms with Crippen LogP contribution >= 0.6 is 0 Å². The molecule has 0 spiro atoms. The van der Waals surface area contributed by atoms with E-state index in [-0.39, 0.29) is 0 Å². The average Bonchev–Trinajstić information content (AvgIpc) is 3.38. The maximum Gasteiger partial charge on any atom is 0.0702 e. The van der Waals surface area contributed by atoms with Gasteiger partial charge >= 0.3 is 0 Å². The molecular weight excluding hydrogens is 462 g/mol. The Morgan fingerprint density at radius 1 is 0.737 bits per heavy atom. The summed E-state index contributed by atoms with van der Waals surface area (Å²) in [5.41, 5.74) is 8.99. The topological polar surface area (TPSA) is 30.7 Å². The molecule has 0 radical (unpaired) electrons. The van der Waals surface area contributed by atoms with E-state index in [9.17, 15) is 0 Å². The molecule has 0 amide bonds. The van der Waals surface area contributed by atoms with Crippen LogP contribution in [-0.4, -0.2) is 14.8 Å². The van der Waals surface area contributed by atoms with Crippen LogP contribution in [-0.2, 0) is 19.4 Å². The van der Waals surface area contributed by atoms with E-state index in [1.165, 1.54) is 62.4 Å². The first kappa shape index (κ1) is 21.6. The summed E-state index contributed by atoms with van der Waals surface area (Å²) in [4.78, 5) is 4.45. The zero-order valence-electron chi connectivity index (χ0n) is 21.2. The number of hydrogen-bond acceptors (Lipinski definition) is 2. The Balaban J connectivity index is 1.20. The minimum absolute atomic E-state index is 0.730. The lowest BCUT2D eigenvalue weighted by Crippen LogP contribution is -2.19. The second-order valence-corrected chi connectivity index (χ2v) is 10.6. The van der Waals surface area contributed by atoms with Crippen molar-refractivity contribution in [2.45, 2.75) is 32.2 Å². The number of rotatable bonds is 3. The molecule has 4 aromatic carbocycles. The van der Waals surface area contributed by atoms with Gasteiger partial charge in [-0.3, -0.25) is 9.67 Å². The van der Waals surface area contributed by atoms with Gasteiger partial charge in [0, 0.05) is 17.0 Å². The molecule has 2 heterocycles. The summed E-state index contributed by atoms with van der Waals surface area (Å²) in [6, 6.07) is 28.9. The molecule has 0 bridgehead atoms. The van der Waals surface area contributed by atoms with Crippen LogP contribution < -0.4 is 10.4 Å². The molecule has 2 aliphatic carbocycles. The lowest BCUT2D eigenvalue weighted by molar-refractivity contribution is 0.713. The first-order chi connectivity index (χ1) is 18.8. The largest absolute Gasteiger partial charge is 0.260 e. The molecule has 2 aliphatic rings. The van der Waals surface area contributed by atoms with Gasteiger partial charge in [0.25, 0.3) is 0 Å². The summed E-state index contributed by atoms with van der Waals surface area (Å²) < 4.78 is 2.11. The Labute approximate surface area is 220 Å². The molecule has 0 unspecified atom stereocenters. The standard InChI is InChI=1S/C35H27N3/c1-2-6-30-24(4-1)10-14-33-31-13-11-25(19-27(31)12-15-32(30)33)26-8-9-29-21-37-38(35(29)20-26)22-23-7-16-34-28(18-23)5-3-17-36-34/h3-5,7-14,16-21H,1-2,6,15,22H2. The Hall–Kier alpha value is -4.50. The van der Waals surface area contributed by atoms with Crippen molar-refractivity contribution < 1.29 is 0 Å². The van der Waals surface area contributed by atoms with Gasteiger partial charge in [-0.25, -0.2) is 0 Å². The van der Waals surface area contributed by atoms with Crippen molar-refractivity contribution in [3.63, 3.8) is 0 Å². The molecule has 0 N–H and O–H groups in total. The molecule has 3 nitrogen and oxygen atoms in total. The first-order valence-corrected chi connectivity index (χ1v) is 13.6. The Kier molecular flexibility index (Phi) is 4.84. The summed E-state index contributed by atoms with van der Waals surface area (Å²) in [6.07, 6.45) is 13.4. The SMILES string of the molecule is C1=c2ccc3c(c2CCC1)CC=c1cc(-c2ccc4cnn(Cc5ccc6ncccc6c5)c4c2)ccc1=3. The molecule has 182 valence electrons. The molecule has 6 aromatic rings. The fourth-order valence-corrected chi connectivity index (χ4v) is 6.36. The van der Waals surface area contributed by atoms with Crippen LogP contribution in [0.5, 0.6) is 0 Å². The molecule has 3 heteroatoms. The fraction of sp³-hybridized carbons (Fsp3) is 0.143. The summed E-state index contributed by atoms with van der Waals surface area (Å²) in [7, 11) is 0. The van der Waals surface area contributed by atoms with Crippen molar-refractivity contribution in [3.05, 3.63) is 129 Å². The van der Waals surface area contributed by atoms with E-state index in [4.69, 9.17) is 5.10 Å². The van der Waals surface area contributed by atoms with Crippen LogP contribution in [0.15, 0.2) is 91.3 Å². The lowest BCUT2D eigenvalue weighted by atomic mass is 9.88. The van der Waals surface area contributed by atoms with E-state index >= 15 is 0 Å². The van der Waals surface area contributed by atoms with Crippen molar-refractivity contribution in [1.82, 2.24) is 14.8 Å². The van der Waals surface area contributed by atoms with Gasteiger partial charge in [0.1, 0.15) is 0 Å². The number of fused-ring (bicyclic) bond motifs is 6. The quantitative estimate of drug-likeness (QED) is 0.303. The van der Waals surface area contributed by atoms with Crippen LogP contribution in [0.4, 0.5) is 0 Å². The maximum absolute atomic E-state index is 4.73. The van der Waals surface area contributed by atoms with E-state index < -0.39 is 0 Å². The van der Waals surface area contributed by atoms with E-state index in [0.717, 1.165) is 34.8 Å². The number of aromatic nitrogens is 3. The van der Waals surface area contributed by atoms with E-state index in [2.05, 4.69) is 94.6 Å². The molecular formula is C35H27N3. The van der Waals surface area contributed by atoms with Crippen LogP contribution in [0.3, 0.4) is 0 Å². The monoisotopic (exact) mass is 489 g/mol. The predicted octanol–water partition coefficient (Wildman–Crippen LogP) is 6.04. The molecule has 0 saturated carbocycles. The maximum atomic E-state index is 4.73. The van der Waals surface area contributed by atoms with Crippen molar-refractivity contribution in [2.24, 2.45) is 0 Å². The molecule has 0 aliphatic heterocycles. The van der Waals surface area contributed by atoms with Gasteiger partial charge in [0.15, 0.2) is 0 Å². The third-order valence-electron chi connectivity index (χ3n) is 8.31. The van der Waals surface area contributed by atoms with Gasteiger partial charge in [-0.15, -0.1) is 0 Å². The predicted molar refractivity (Wildman–Crippen MR) is 155 cm³/mol. The van der Waals surface area contributed by atoms with Gasteiger partial charge in [-0.05, 0) is 105 Å². The Morgan fingerprint density at radius 2 is 1.66 bits per heavy atom. The summed E-state index contributed by atoms with van der Waals surface area (Å²) in [5, 5.41) is 12.6. The van der Waals surface area contributed by atoms with Gasteiger partial charge in [-0.2, -0.15) is 5.10 Å². The third kappa shape index (κ3) is 3.50. The zero-order chi connectivity index (χ0) is 25.1. The summed E-state index contributed by atoms with van der Waals surface area (Å²) in [5.74, 6) is 0. The first-order valence-electron chi connectivity index (χ1n) is 13.6. The van der Waals surface area contributed by atoms with Crippen LogP contribution in [0.2, 0.25) is 0 Å². The highest BCUT2D eigenvalue weighted by atomic mass is 15.3. The van der Waals surface area contributed by atoms with Gasteiger partial charge in [-0.1, -0.05) is 60.7 Å². The van der Waals surface area contributed by atoms with Crippen molar-refractivity contribution in [1.29, 1.82) is 0 Å². The minimum atomic E-state index is 0.730. The van der Waals surface area contributed by atoms with E-state index in [1.807, 2.05) is 18.5 Å². The number of pyridine rings is 1. The van der Waals surface area contributed by atoms with Crippen LogP contribution in [0, 0.1) is 10.4 Å². The van der Waals surface area contributed by atoms with Crippen molar-refractivity contribution in [2.75, 3.05) is 0 Å². The second kappa shape index (κ2) is 8.53. The smallest absolute Gasteiger partial charge is 0.0702 e. The summed E-state index contributed by atoms with van der Waals surface area (Å²) in [6.45, 7) is 0.730. The highest BCUT2D eigenvalue weighted by Crippen LogP contribution is 2.26. The molecule has 2 aromatic heterocycles. The average molecular weight is 490 g/mol. The highest BCUT2D eigenvalue weighted by Gasteiger charge is 2.12. The highest BCUT2D eigenvalue weighted by molar-refractivity contribution is 5.85. The normalized spacial score (nSPS) is 13.9. The molecule has 38 heavy (non-hydrogen) atoms. The lowest BCUT2D eigenvalue weighted by Gasteiger charge is -2.16. The Morgan fingerprint density at radius 3 is 2.66 bits per heavy atom. The fourth-order valence-electron chi connectivity index (χ4n) is 6.36. The van der Waals surface area contributed by atoms with Gasteiger partial charge < -0.3 is 0 Å².